The van der Waals surface area contributed by atoms with Gasteiger partial charge < -0.3 is 30.9 Å². The van der Waals surface area contributed by atoms with E-state index in [4.69, 9.17) is 11.2 Å². The van der Waals surface area contributed by atoms with Gasteiger partial charge in [-0.25, -0.2) is 13.2 Å². The summed E-state index contributed by atoms with van der Waals surface area (Å²) in [6.45, 7) is 15.0. The second kappa shape index (κ2) is 15.6. The molecule has 282 valence electrons. The summed E-state index contributed by atoms with van der Waals surface area (Å²) in [5, 5.41) is 11.1. The van der Waals surface area contributed by atoms with E-state index in [1.165, 1.54) is 12.0 Å². The Bertz CT molecular complexity index is 1450. The largest absolute Gasteiger partial charge is 0.383 e. The molecule has 0 bridgehead atoms. The second-order valence-electron chi connectivity index (χ2n) is 16.9. The molecule has 1 heterocycles. The van der Waals surface area contributed by atoms with Gasteiger partial charge in [-0.1, -0.05) is 53.9 Å². The maximum absolute atomic E-state index is 14.4. The van der Waals surface area contributed by atoms with E-state index in [9.17, 15) is 32.4 Å². The third kappa shape index (κ3) is 9.37. The highest BCUT2D eigenvalue weighted by Crippen LogP contribution is 2.65. The molecule has 50 heavy (non-hydrogen) atoms. The van der Waals surface area contributed by atoms with E-state index in [-0.39, 0.29) is 55.5 Å². The van der Waals surface area contributed by atoms with Crippen molar-refractivity contribution in [1.82, 2.24) is 26.2 Å². The smallest absolute Gasteiger partial charge is 0.315 e. The van der Waals surface area contributed by atoms with Gasteiger partial charge in [-0.3, -0.25) is 19.2 Å². The quantitative estimate of drug-likeness (QED) is 0.120. The van der Waals surface area contributed by atoms with Crippen molar-refractivity contribution in [3.8, 4) is 12.3 Å². The van der Waals surface area contributed by atoms with E-state index >= 15 is 0 Å². The Morgan fingerprint density at radius 2 is 1.62 bits per heavy atom. The normalized spacial score (nSPS) is 23.8. The molecule has 5 amide bonds. The summed E-state index contributed by atoms with van der Waals surface area (Å²) >= 11 is 0. The van der Waals surface area contributed by atoms with Crippen molar-refractivity contribution < 1.29 is 37.1 Å². The van der Waals surface area contributed by atoms with Gasteiger partial charge in [0.2, 0.25) is 17.6 Å². The number of nitrogens with one attached hydrogen (secondary N) is 4. The summed E-state index contributed by atoms with van der Waals surface area (Å²) in [5.41, 5.74) is -2.01. The number of methoxy groups -OCH3 is 1. The summed E-state index contributed by atoms with van der Waals surface area (Å²) in [5.74, 6) is -0.689. The number of piperidine rings is 1. The molecule has 5 atom stereocenters. The number of terminal acetylenes is 1. The lowest BCUT2D eigenvalue weighted by Gasteiger charge is -2.41. The van der Waals surface area contributed by atoms with E-state index in [1.807, 2.05) is 34.6 Å². The molecule has 0 aromatic rings. The number of fused-ring (bicyclic) bond motifs is 1. The summed E-state index contributed by atoms with van der Waals surface area (Å²) < 4.78 is 30.5. The number of sulfone groups is 1. The first-order valence-electron chi connectivity index (χ1n) is 17.7. The van der Waals surface area contributed by atoms with E-state index in [2.05, 4.69) is 27.2 Å². The number of ether oxygens (including phenoxy) is 1. The van der Waals surface area contributed by atoms with Gasteiger partial charge in [0.05, 0.1) is 28.7 Å². The van der Waals surface area contributed by atoms with Gasteiger partial charge in [-0.15, -0.1) is 12.3 Å². The Kier molecular flexibility index (Phi) is 12.9. The molecule has 0 aromatic heterocycles. The number of Topliss-reactive ketones (excluding diaryl/α,β-unsaturated/α-hetero) is 1. The van der Waals surface area contributed by atoms with Crippen molar-refractivity contribution in [3.05, 3.63) is 0 Å². The van der Waals surface area contributed by atoms with Gasteiger partial charge in [-0.2, -0.15) is 0 Å². The predicted molar refractivity (Wildman–Crippen MR) is 190 cm³/mol. The Balaban J connectivity index is 1.85. The van der Waals surface area contributed by atoms with Crippen LogP contribution in [0, 0.1) is 35.0 Å². The van der Waals surface area contributed by atoms with E-state index in [0.717, 1.165) is 19.3 Å². The molecule has 1 saturated heterocycles. The third-order valence-corrected chi connectivity index (χ3v) is 13.6. The first-order chi connectivity index (χ1) is 23.0. The van der Waals surface area contributed by atoms with Crippen LogP contribution in [0.5, 0.6) is 0 Å². The van der Waals surface area contributed by atoms with Crippen LogP contribution in [0.15, 0.2) is 0 Å². The zero-order valence-corrected chi connectivity index (χ0v) is 32.2. The zero-order chi connectivity index (χ0) is 37.9. The van der Waals surface area contributed by atoms with E-state index in [1.54, 1.807) is 20.8 Å². The minimum atomic E-state index is -3.58. The molecule has 0 spiro atoms. The fourth-order valence-electron chi connectivity index (χ4n) is 7.42. The topological polar surface area (TPSA) is 180 Å². The van der Waals surface area contributed by atoms with Crippen molar-refractivity contribution in [3.63, 3.8) is 0 Å². The highest BCUT2D eigenvalue weighted by molar-refractivity contribution is 7.92. The molecule has 4 N–H and O–H groups in total. The van der Waals surface area contributed by atoms with Crippen LogP contribution in [0.2, 0.25) is 0 Å². The van der Waals surface area contributed by atoms with Gasteiger partial charge in [-0.05, 0) is 62.7 Å². The summed E-state index contributed by atoms with van der Waals surface area (Å²) in [4.78, 5) is 69.4. The van der Waals surface area contributed by atoms with Crippen molar-refractivity contribution in [2.75, 3.05) is 32.6 Å². The molecule has 2 aliphatic carbocycles. The third-order valence-electron chi connectivity index (χ3n) is 10.8. The summed E-state index contributed by atoms with van der Waals surface area (Å²) in [6, 6.07) is -3.85. The van der Waals surface area contributed by atoms with Gasteiger partial charge in [0.25, 0.3) is 5.91 Å². The number of ketones is 1. The molecule has 3 aliphatic rings. The SMILES string of the molecule is C#CCCC(NC(=O)[C@@H]1[C@@H]2C(CN1C(=O)[C@@H](NC(=O)NC1(CS(=O)(=O)C(C)(C)C)CCCCC1)C(C)(C)C)C2(C)C)C(=O)C(=O)NCCOC. The molecule has 14 heteroatoms. The van der Waals surface area contributed by atoms with Gasteiger partial charge in [0.15, 0.2) is 9.84 Å². The first-order valence-corrected chi connectivity index (χ1v) is 19.3. The minimum absolute atomic E-state index is 0.0157. The molecular formula is C36H59N5O8S. The second-order valence-corrected chi connectivity index (χ2v) is 19.7. The number of hydrogen-bond donors (Lipinski definition) is 4. The highest BCUT2D eigenvalue weighted by atomic mass is 32.2. The Morgan fingerprint density at radius 3 is 2.16 bits per heavy atom. The number of carbonyl (C=O) groups is 5. The van der Waals surface area contributed by atoms with Crippen molar-refractivity contribution in [1.29, 1.82) is 0 Å². The summed E-state index contributed by atoms with van der Waals surface area (Å²) in [7, 11) is -2.11. The molecule has 3 rings (SSSR count). The lowest BCUT2D eigenvalue weighted by atomic mass is 9.83. The van der Waals surface area contributed by atoms with Crippen LogP contribution in [0.25, 0.3) is 0 Å². The van der Waals surface area contributed by atoms with E-state index in [0.29, 0.717) is 12.8 Å². The number of amides is 5. The maximum Gasteiger partial charge on any atom is 0.315 e. The number of urea groups is 1. The van der Waals surface area contributed by atoms with Crippen LogP contribution in [0.3, 0.4) is 0 Å². The highest BCUT2D eigenvalue weighted by Gasteiger charge is 2.70. The lowest BCUT2D eigenvalue weighted by Crippen LogP contribution is -2.64. The lowest BCUT2D eigenvalue weighted by molar-refractivity contribution is -0.145. The fraction of sp³-hybridized carbons (Fsp3) is 0.806. The van der Waals surface area contributed by atoms with Crippen LogP contribution in [0.1, 0.15) is 100 Å². The average molecular weight is 722 g/mol. The van der Waals surface area contributed by atoms with Crippen LogP contribution in [0.4, 0.5) is 4.79 Å². The molecule has 2 unspecified atom stereocenters. The predicted octanol–water partition coefficient (Wildman–Crippen LogP) is 2.33. The van der Waals surface area contributed by atoms with Crippen LogP contribution in [-0.4, -0.2) is 104 Å². The number of likely N-dealkylation sites (tertiary alicyclic amines) is 1. The standard InChI is InChI=1S/C36H59N5O8S/c1-11-12-16-24(27(42)30(44)37-19-20-49-10)38-29(43)26-25-23(35(25,8)9)21-41(26)31(45)28(33(2,3)4)39-32(46)40-36(17-14-13-15-18-36)22-50(47,48)34(5,6)7/h1,23-26,28H,12-22H2,2-10H3,(H,37,44)(H,38,43)(H2,39,40,46)/t23?,24?,25-,26-,28+/m0/s1. The number of carbonyl (C=O) groups excluding carboxylic acids is 5. The first kappa shape index (κ1) is 41.2. The molecular weight excluding hydrogens is 662 g/mol. The van der Waals surface area contributed by atoms with Crippen LogP contribution < -0.4 is 21.3 Å². The van der Waals surface area contributed by atoms with Crippen molar-refractivity contribution in [2.24, 2.45) is 22.7 Å². The Labute approximate surface area is 298 Å². The number of rotatable bonds is 14. The van der Waals surface area contributed by atoms with Crippen molar-refractivity contribution in [2.45, 2.75) is 129 Å². The van der Waals surface area contributed by atoms with E-state index < -0.39 is 73.2 Å². The minimum Gasteiger partial charge on any atom is -0.383 e. The van der Waals surface area contributed by atoms with Gasteiger partial charge in [0, 0.05) is 26.6 Å². The Morgan fingerprint density at radius 1 is 1.00 bits per heavy atom. The van der Waals surface area contributed by atoms with Crippen LogP contribution >= 0.6 is 0 Å². The van der Waals surface area contributed by atoms with Crippen LogP contribution in [-0.2, 0) is 33.8 Å². The monoisotopic (exact) mass is 721 g/mol. The summed E-state index contributed by atoms with van der Waals surface area (Å²) in [6.07, 6.45) is 9.10. The zero-order valence-electron chi connectivity index (χ0n) is 31.4. The fourth-order valence-corrected chi connectivity index (χ4v) is 8.94. The molecule has 3 fully saturated rings. The molecule has 2 saturated carbocycles. The van der Waals surface area contributed by atoms with Gasteiger partial charge >= 0.3 is 6.03 Å². The maximum atomic E-state index is 14.4. The number of hydrogen-bond acceptors (Lipinski definition) is 8. The molecule has 0 radical (unpaired) electrons. The molecule has 13 nitrogen and oxygen atoms in total. The average Bonchev–Trinajstić information content (AvgIpc) is 3.31. The number of nitrogens with zero attached hydrogens (tertiary/aromatic N) is 1. The van der Waals surface area contributed by atoms with Gasteiger partial charge in [0.1, 0.15) is 12.1 Å². The Hall–Kier alpha value is -3.18. The molecule has 1 aliphatic heterocycles. The molecule has 0 aromatic carbocycles. The van der Waals surface area contributed by atoms with Crippen molar-refractivity contribution >= 4 is 39.4 Å².